The molecule has 4 heterocycles. The Hall–Kier alpha value is -4.67. The average Bonchev–Trinajstić information content (AvgIpc) is 3.53. The minimum atomic E-state index is -0.456. The second-order valence-corrected chi connectivity index (χ2v) is 8.92. The van der Waals surface area contributed by atoms with Crippen LogP contribution >= 0.6 is 0 Å². The molecular formula is C26H23F2N9. The molecule has 37 heavy (non-hydrogen) atoms. The van der Waals surface area contributed by atoms with Crippen LogP contribution in [0.25, 0.3) is 22.4 Å². The van der Waals surface area contributed by atoms with Crippen LogP contribution in [-0.2, 0) is 0 Å². The Morgan fingerprint density at radius 1 is 1.00 bits per heavy atom. The van der Waals surface area contributed by atoms with Crippen molar-refractivity contribution in [2.75, 3.05) is 22.6 Å². The quantitative estimate of drug-likeness (QED) is 0.336. The Morgan fingerprint density at radius 2 is 1.84 bits per heavy atom. The molecule has 0 bridgehead atoms. The number of anilines is 3. The normalized spacial score (nSPS) is 15.4. The number of nitrogen functional groups attached to an aromatic ring is 1. The van der Waals surface area contributed by atoms with E-state index in [1.807, 2.05) is 41.3 Å². The Kier molecular flexibility index (Phi) is 5.59. The van der Waals surface area contributed by atoms with Crippen LogP contribution in [0.15, 0.2) is 60.9 Å². The van der Waals surface area contributed by atoms with E-state index in [0.29, 0.717) is 52.8 Å². The van der Waals surface area contributed by atoms with Crippen LogP contribution in [0.1, 0.15) is 30.3 Å². The maximum absolute atomic E-state index is 14.6. The number of nitrogens with one attached hydrogen (secondary N) is 1. The van der Waals surface area contributed by atoms with Crippen LogP contribution in [0.5, 0.6) is 0 Å². The van der Waals surface area contributed by atoms with E-state index in [2.05, 4.69) is 25.5 Å². The van der Waals surface area contributed by atoms with Gasteiger partial charge in [0.15, 0.2) is 11.6 Å². The van der Waals surface area contributed by atoms with E-state index in [1.54, 1.807) is 6.92 Å². The number of pyridine rings is 1. The molecule has 0 amide bonds. The Morgan fingerprint density at radius 3 is 2.62 bits per heavy atom. The summed E-state index contributed by atoms with van der Waals surface area (Å²) < 4.78 is 29.9. The van der Waals surface area contributed by atoms with E-state index < -0.39 is 11.6 Å². The first-order valence-corrected chi connectivity index (χ1v) is 11.9. The van der Waals surface area contributed by atoms with Crippen LogP contribution in [0.4, 0.5) is 26.1 Å². The van der Waals surface area contributed by atoms with E-state index in [0.717, 1.165) is 23.7 Å². The Bertz CT molecular complexity index is 1600. The highest BCUT2D eigenvalue weighted by Crippen LogP contribution is 2.37. The molecule has 1 fully saturated rings. The summed E-state index contributed by atoms with van der Waals surface area (Å²) in [5.41, 5.74) is 3.19. The maximum Gasteiger partial charge on any atom is 0.182 e. The summed E-state index contributed by atoms with van der Waals surface area (Å²) in [5, 5.41) is 11.4. The van der Waals surface area contributed by atoms with Gasteiger partial charge in [-0.2, -0.15) is 0 Å². The van der Waals surface area contributed by atoms with Gasteiger partial charge >= 0.3 is 0 Å². The molecule has 3 aromatic heterocycles. The van der Waals surface area contributed by atoms with Gasteiger partial charge in [0.1, 0.15) is 35.1 Å². The molecular weight excluding hydrogens is 476 g/mol. The summed E-state index contributed by atoms with van der Waals surface area (Å²) in [7, 11) is 0. The Labute approximate surface area is 211 Å². The lowest BCUT2D eigenvalue weighted by atomic mass is 10.0. The fourth-order valence-corrected chi connectivity index (χ4v) is 4.72. The lowest BCUT2D eigenvalue weighted by molar-refractivity contribution is 0.560. The van der Waals surface area contributed by atoms with E-state index >= 15 is 0 Å². The summed E-state index contributed by atoms with van der Waals surface area (Å²) in [5.74, 6) is 7.49. The number of benzene rings is 2. The number of fused-ring (bicyclic) bond motifs is 1. The molecule has 1 aliphatic rings. The first-order chi connectivity index (χ1) is 18.0. The molecule has 11 heteroatoms. The Balaban J connectivity index is 1.31. The van der Waals surface area contributed by atoms with Crippen molar-refractivity contribution in [3.63, 3.8) is 0 Å². The maximum atomic E-state index is 14.6. The molecule has 0 radical (unpaired) electrons. The predicted molar refractivity (Wildman–Crippen MR) is 137 cm³/mol. The van der Waals surface area contributed by atoms with Gasteiger partial charge in [0.2, 0.25) is 0 Å². The molecule has 6 rings (SSSR count). The standard InChI is InChI=1S/C26H23F2N9/c1-15-34-35-26(37(15)29)16-4-7-18(8-5-16)32-25-24-21(30-14-31-25)10-11-23(33-24)36-12-2-3-22(36)19-13-17(27)6-9-20(19)28/h4-11,13-14,22H,2-3,12,29H2,1H3,(H,30,31,32)/t22-/m1/s1. The fraction of sp³-hybridized carbons (Fsp3) is 0.192. The van der Waals surface area contributed by atoms with Crippen molar-refractivity contribution in [1.29, 1.82) is 0 Å². The highest BCUT2D eigenvalue weighted by atomic mass is 19.1. The molecule has 9 nitrogen and oxygen atoms in total. The summed E-state index contributed by atoms with van der Waals surface area (Å²) in [6.45, 7) is 2.47. The molecule has 1 saturated heterocycles. The van der Waals surface area contributed by atoms with Crippen molar-refractivity contribution in [3.05, 3.63) is 83.9 Å². The predicted octanol–water partition coefficient (Wildman–Crippen LogP) is 4.67. The second kappa shape index (κ2) is 9.08. The number of aryl methyl sites for hydroxylation is 1. The third-order valence-electron chi connectivity index (χ3n) is 6.60. The van der Waals surface area contributed by atoms with Crippen LogP contribution in [0, 0.1) is 18.6 Å². The number of hydrogen-bond acceptors (Lipinski definition) is 8. The van der Waals surface area contributed by atoms with Gasteiger partial charge in [-0.05, 0) is 74.4 Å². The third-order valence-corrected chi connectivity index (χ3v) is 6.60. The minimum Gasteiger partial charge on any atom is -0.349 e. The van der Waals surface area contributed by atoms with Gasteiger partial charge in [0.05, 0.1) is 11.6 Å². The second-order valence-electron chi connectivity index (χ2n) is 8.92. The molecule has 0 aliphatic carbocycles. The smallest absolute Gasteiger partial charge is 0.182 e. The monoisotopic (exact) mass is 499 g/mol. The van der Waals surface area contributed by atoms with Crippen molar-refractivity contribution in [2.24, 2.45) is 0 Å². The molecule has 186 valence electrons. The van der Waals surface area contributed by atoms with Crippen LogP contribution < -0.4 is 16.1 Å². The topological polar surface area (TPSA) is 111 Å². The lowest BCUT2D eigenvalue weighted by Gasteiger charge is -2.26. The SMILES string of the molecule is Cc1nnc(-c2ccc(Nc3ncnc4ccc(N5CCC[C@@H]5c5cc(F)ccc5F)nc34)cc2)n1N. The average molecular weight is 500 g/mol. The lowest BCUT2D eigenvalue weighted by Crippen LogP contribution is -2.24. The number of nitrogens with zero attached hydrogens (tertiary/aromatic N) is 7. The number of halogens is 2. The molecule has 0 spiro atoms. The number of hydrogen-bond donors (Lipinski definition) is 2. The summed E-state index contributed by atoms with van der Waals surface area (Å²) in [6.07, 6.45) is 3.03. The highest BCUT2D eigenvalue weighted by Gasteiger charge is 2.30. The molecule has 1 aliphatic heterocycles. The summed E-state index contributed by atoms with van der Waals surface area (Å²) >= 11 is 0. The number of nitrogens with two attached hydrogens (primary N) is 1. The van der Waals surface area contributed by atoms with Crippen molar-refractivity contribution < 1.29 is 8.78 Å². The number of rotatable bonds is 5. The highest BCUT2D eigenvalue weighted by molar-refractivity contribution is 5.88. The third kappa shape index (κ3) is 4.18. The van der Waals surface area contributed by atoms with E-state index in [9.17, 15) is 8.78 Å². The van der Waals surface area contributed by atoms with E-state index in [1.165, 1.54) is 23.1 Å². The zero-order chi connectivity index (χ0) is 25.5. The van der Waals surface area contributed by atoms with E-state index in [-0.39, 0.29) is 6.04 Å². The molecule has 0 unspecified atom stereocenters. The van der Waals surface area contributed by atoms with Crippen LogP contribution in [0.3, 0.4) is 0 Å². The molecule has 5 aromatic rings. The van der Waals surface area contributed by atoms with Gasteiger partial charge < -0.3 is 16.1 Å². The van der Waals surface area contributed by atoms with Gasteiger partial charge in [-0.3, -0.25) is 0 Å². The fourth-order valence-electron chi connectivity index (χ4n) is 4.72. The van der Waals surface area contributed by atoms with Crippen LogP contribution in [-0.4, -0.2) is 36.4 Å². The largest absolute Gasteiger partial charge is 0.349 e. The zero-order valence-electron chi connectivity index (χ0n) is 19.9. The molecule has 3 N–H and O–H groups in total. The van der Waals surface area contributed by atoms with Crippen molar-refractivity contribution in [3.8, 4) is 11.4 Å². The molecule has 1 atom stereocenters. The zero-order valence-corrected chi connectivity index (χ0v) is 19.9. The van der Waals surface area contributed by atoms with Crippen LogP contribution in [0.2, 0.25) is 0 Å². The first-order valence-electron chi connectivity index (χ1n) is 11.9. The number of aromatic nitrogens is 6. The molecule has 2 aromatic carbocycles. The van der Waals surface area contributed by atoms with Gasteiger partial charge in [-0.1, -0.05) is 0 Å². The van der Waals surface area contributed by atoms with Crippen molar-refractivity contribution >= 4 is 28.4 Å². The van der Waals surface area contributed by atoms with Gasteiger partial charge in [0.25, 0.3) is 0 Å². The van der Waals surface area contributed by atoms with Crippen molar-refractivity contribution in [2.45, 2.75) is 25.8 Å². The van der Waals surface area contributed by atoms with E-state index in [4.69, 9.17) is 10.8 Å². The summed E-state index contributed by atoms with van der Waals surface area (Å²) in [6, 6.07) is 14.6. The van der Waals surface area contributed by atoms with Gasteiger partial charge in [-0.15, -0.1) is 10.2 Å². The first kappa shape index (κ1) is 22.8. The summed E-state index contributed by atoms with van der Waals surface area (Å²) in [4.78, 5) is 15.6. The minimum absolute atomic E-state index is 0.303. The van der Waals surface area contributed by atoms with Crippen molar-refractivity contribution in [1.82, 2.24) is 29.8 Å². The van der Waals surface area contributed by atoms with Gasteiger partial charge in [-0.25, -0.2) is 28.4 Å². The molecule has 0 saturated carbocycles. The van der Waals surface area contributed by atoms with Gasteiger partial charge in [0, 0.05) is 23.4 Å².